The molecule has 1 aromatic rings. The lowest BCUT2D eigenvalue weighted by Gasteiger charge is -2.08. The zero-order valence-electron chi connectivity index (χ0n) is 8.46. The molecule has 0 fully saturated rings. The van der Waals surface area contributed by atoms with E-state index in [0.717, 1.165) is 5.56 Å². The number of aryl methyl sites for hydroxylation is 1. The lowest BCUT2D eigenvalue weighted by molar-refractivity contribution is -0.116. The van der Waals surface area contributed by atoms with Crippen LogP contribution in [0.4, 0.5) is 5.69 Å². The Morgan fingerprint density at radius 1 is 1.67 bits per heavy atom. The smallest absolute Gasteiger partial charge is 0.224 e. The molecule has 0 aliphatic carbocycles. The van der Waals surface area contributed by atoms with Gasteiger partial charge in [-0.3, -0.25) is 4.79 Å². The topological polar surface area (TPSA) is 62.2 Å². The number of aliphatic hydroxyl groups excluding tert-OH is 1. The van der Waals surface area contributed by atoms with Crippen molar-refractivity contribution in [3.63, 3.8) is 0 Å². The number of rotatable bonds is 4. The fourth-order valence-electron chi connectivity index (χ4n) is 1.12. The number of carbonyl (C=O) groups is 1. The summed E-state index contributed by atoms with van der Waals surface area (Å²) >= 11 is 5.83. The molecule has 0 atom stereocenters. The summed E-state index contributed by atoms with van der Waals surface area (Å²) in [4.78, 5) is 15.2. The Hall–Kier alpha value is -1.13. The largest absolute Gasteiger partial charge is 0.396 e. The van der Waals surface area contributed by atoms with Crippen LogP contribution in [0.2, 0.25) is 5.15 Å². The Kier molecular flexibility index (Phi) is 4.52. The average molecular weight is 229 g/mol. The van der Waals surface area contributed by atoms with Crippen LogP contribution in [0, 0.1) is 6.92 Å². The van der Waals surface area contributed by atoms with Gasteiger partial charge in [-0.1, -0.05) is 11.6 Å². The molecule has 1 heterocycles. The minimum Gasteiger partial charge on any atom is -0.396 e. The molecule has 2 N–H and O–H groups in total. The molecule has 15 heavy (non-hydrogen) atoms. The fourth-order valence-corrected chi connectivity index (χ4v) is 1.37. The average Bonchev–Trinajstić information content (AvgIpc) is 2.21. The van der Waals surface area contributed by atoms with Gasteiger partial charge in [-0.05, 0) is 25.0 Å². The first-order chi connectivity index (χ1) is 7.15. The van der Waals surface area contributed by atoms with Crippen LogP contribution in [0.3, 0.4) is 0 Å². The number of halogens is 1. The molecule has 0 spiro atoms. The summed E-state index contributed by atoms with van der Waals surface area (Å²) in [5, 5.41) is 11.5. The first-order valence-electron chi connectivity index (χ1n) is 4.67. The van der Waals surface area contributed by atoms with Crippen LogP contribution in [0.1, 0.15) is 18.4 Å². The number of pyridine rings is 1. The van der Waals surface area contributed by atoms with Crippen molar-refractivity contribution < 1.29 is 9.90 Å². The number of hydrogen-bond acceptors (Lipinski definition) is 3. The summed E-state index contributed by atoms with van der Waals surface area (Å²) in [5.41, 5.74) is 1.41. The summed E-state index contributed by atoms with van der Waals surface area (Å²) in [6, 6.07) is 1.77. The Balaban J connectivity index is 2.68. The lowest BCUT2D eigenvalue weighted by Crippen LogP contribution is -2.13. The van der Waals surface area contributed by atoms with Crippen LogP contribution >= 0.6 is 11.6 Å². The molecule has 4 nitrogen and oxygen atoms in total. The molecule has 0 aliphatic rings. The van der Waals surface area contributed by atoms with Crippen LogP contribution in [0.15, 0.2) is 12.3 Å². The molecule has 82 valence electrons. The number of nitrogens with zero attached hydrogens (tertiary/aromatic N) is 1. The maximum atomic E-state index is 11.4. The van der Waals surface area contributed by atoms with Gasteiger partial charge in [-0.25, -0.2) is 4.98 Å². The van der Waals surface area contributed by atoms with Gasteiger partial charge in [0.1, 0.15) is 0 Å². The normalized spacial score (nSPS) is 10.1. The molecule has 0 saturated heterocycles. The summed E-state index contributed by atoms with van der Waals surface area (Å²) in [6.07, 6.45) is 2.31. The molecule has 0 unspecified atom stereocenters. The van der Waals surface area contributed by atoms with E-state index in [0.29, 0.717) is 12.1 Å². The van der Waals surface area contributed by atoms with Crippen LogP contribution < -0.4 is 5.32 Å². The summed E-state index contributed by atoms with van der Waals surface area (Å²) in [5.74, 6) is -0.165. The standard InChI is InChI=1S/C10H13ClN2O2/c1-7-4-5-12-10(11)9(7)13-8(15)3-2-6-14/h4-5,14H,2-3,6H2,1H3,(H,13,15). The minimum absolute atomic E-state index is 0.00712. The van der Waals surface area contributed by atoms with E-state index in [9.17, 15) is 4.79 Å². The molecule has 0 aliphatic heterocycles. The van der Waals surface area contributed by atoms with Crippen molar-refractivity contribution in [3.05, 3.63) is 23.0 Å². The van der Waals surface area contributed by atoms with Crippen LogP contribution in [0.5, 0.6) is 0 Å². The fraction of sp³-hybridized carbons (Fsp3) is 0.400. The third-order valence-electron chi connectivity index (χ3n) is 1.94. The van der Waals surface area contributed by atoms with Crippen molar-refractivity contribution in [2.75, 3.05) is 11.9 Å². The third-order valence-corrected chi connectivity index (χ3v) is 2.23. The van der Waals surface area contributed by atoms with E-state index < -0.39 is 0 Å². The van der Waals surface area contributed by atoms with Crippen molar-refractivity contribution in [3.8, 4) is 0 Å². The number of carbonyl (C=O) groups excluding carboxylic acids is 1. The molecule has 1 rings (SSSR count). The highest BCUT2D eigenvalue weighted by Crippen LogP contribution is 2.22. The maximum absolute atomic E-state index is 11.4. The first-order valence-corrected chi connectivity index (χ1v) is 5.04. The van der Waals surface area contributed by atoms with Crippen LogP contribution in [-0.4, -0.2) is 22.6 Å². The number of anilines is 1. The molecule has 1 aromatic heterocycles. The predicted octanol–water partition coefficient (Wildman–Crippen LogP) is 1.75. The van der Waals surface area contributed by atoms with E-state index in [1.54, 1.807) is 12.3 Å². The third kappa shape index (κ3) is 3.49. The first kappa shape index (κ1) is 11.9. The van der Waals surface area contributed by atoms with E-state index in [1.165, 1.54) is 0 Å². The second-order valence-corrected chi connectivity index (χ2v) is 3.53. The highest BCUT2D eigenvalue weighted by atomic mass is 35.5. The molecule has 0 aromatic carbocycles. The predicted molar refractivity (Wildman–Crippen MR) is 58.9 cm³/mol. The number of nitrogens with one attached hydrogen (secondary N) is 1. The summed E-state index contributed by atoms with van der Waals surface area (Å²) in [7, 11) is 0. The van der Waals surface area contributed by atoms with Gasteiger partial charge in [-0.2, -0.15) is 0 Å². The second kappa shape index (κ2) is 5.68. The zero-order chi connectivity index (χ0) is 11.3. The van der Waals surface area contributed by atoms with Gasteiger partial charge in [0, 0.05) is 19.2 Å². The molecular formula is C10H13ClN2O2. The van der Waals surface area contributed by atoms with Crippen LogP contribution in [0.25, 0.3) is 0 Å². The van der Waals surface area contributed by atoms with E-state index in [4.69, 9.17) is 16.7 Å². The summed E-state index contributed by atoms with van der Waals surface area (Å²) < 4.78 is 0. The monoisotopic (exact) mass is 228 g/mol. The Labute approximate surface area is 93.3 Å². The van der Waals surface area contributed by atoms with Crippen molar-refractivity contribution in [2.45, 2.75) is 19.8 Å². The zero-order valence-corrected chi connectivity index (χ0v) is 9.21. The number of amides is 1. The van der Waals surface area contributed by atoms with Crippen molar-refractivity contribution >= 4 is 23.2 Å². The Morgan fingerprint density at radius 3 is 3.00 bits per heavy atom. The van der Waals surface area contributed by atoms with E-state index >= 15 is 0 Å². The van der Waals surface area contributed by atoms with Crippen LogP contribution in [-0.2, 0) is 4.79 Å². The number of hydrogen-bond donors (Lipinski definition) is 2. The number of aliphatic hydroxyl groups is 1. The highest BCUT2D eigenvalue weighted by Gasteiger charge is 2.08. The van der Waals surface area contributed by atoms with Crippen molar-refractivity contribution in [1.29, 1.82) is 0 Å². The lowest BCUT2D eigenvalue weighted by atomic mass is 10.2. The van der Waals surface area contributed by atoms with Crippen molar-refractivity contribution in [2.24, 2.45) is 0 Å². The van der Waals surface area contributed by atoms with Gasteiger partial charge in [0.2, 0.25) is 5.91 Å². The Bertz CT molecular complexity index is 335. The van der Waals surface area contributed by atoms with Crippen molar-refractivity contribution in [1.82, 2.24) is 4.98 Å². The SMILES string of the molecule is Cc1ccnc(Cl)c1NC(=O)CCCO. The molecule has 0 saturated carbocycles. The van der Waals surface area contributed by atoms with E-state index in [1.807, 2.05) is 6.92 Å². The maximum Gasteiger partial charge on any atom is 0.224 e. The molecular weight excluding hydrogens is 216 g/mol. The van der Waals surface area contributed by atoms with Gasteiger partial charge in [0.05, 0.1) is 5.69 Å². The second-order valence-electron chi connectivity index (χ2n) is 3.17. The molecule has 5 heteroatoms. The van der Waals surface area contributed by atoms with Gasteiger partial charge in [0.25, 0.3) is 0 Å². The minimum atomic E-state index is -0.165. The quantitative estimate of drug-likeness (QED) is 0.772. The van der Waals surface area contributed by atoms with E-state index in [2.05, 4.69) is 10.3 Å². The van der Waals surface area contributed by atoms with E-state index in [-0.39, 0.29) is 24.1 Å². The Morgan fingerprint density at radius 2 is 2.40 bits per heavy atom. The highest BCUT2D eigenvalue weighted by molar-refractivity contribution is 6.32. The molecule has 0 radical (unpaired) electrons. The molecule has 0 bridgehead atoms. The van der Waals surface area contributed by atoms with Gasteiger partial charge < -0.3 is 10.4 Å². The van der Waals surface area contributed by atoms with Gasteiger partial charge >= 0.3 is 0 Å². The van der Waals surface area contributed by atoms with Gasteiger partial charge in [-0.15, -0.1) is 0 Å². The summed E-state index contributed by atoms with van der Waals surface area (Å²) in [6.45, 7) is 1.85. The molecule has 1 amide bonds. The van der Waals surface area contributed by atoms with Gasteiger partial charge in [0.15, 0.2) is 5.15 Å². The number of aromatic nitrogens is 1.